The van der Waals surface area contributed by atoms with Crippen LogP contribution in [0.4, 0.5) is 17.1 Å². The number of pyridine rings is 1. The average molecular weight is 666 g/mol. The minimum absolute atomic E-state index is 0.695. The van der Waals surface area contributed by atoms with E-state index in [1.807, 2.05) is 48.8 Å². The Morgan fingerprint density at radius 2 is 1.02 bits per heavy atom. The van der Waals surface area contributed by atoms with Crippen molar-refractivity contribution in [1.29, 1.82) is 0 Å². The van der Waals surface area contributed by atoms with Crippen molar-refractivity contribution in [3.05, 3.63) is 188 Å². The number of fused-ring (bicyclic) bond motifs is 7. The predicted octanol–water partition coefficient (Wildman–Crippen LogP) is 11.9. The SMILES string of the molecule is c1ccc(-c2cc(-c3cccc(-n4c5c(c6cnccc64)-c4ccccc4N(c4ccccc4)c4ccccc4-5)c3)nc(-c3ccccc3)n2)cc1. The van der Waals surface area contributed by atoms with Gasteiger partial charge in [-0.3, -0.25) is 4.98 Å². The molecule has 5 heteroatoms. The topological polar surface area (TPSA) is 46.8 Å². The third kappa shape index (κ3) is 4.90. The van der Waals surface area contributed by atoms with Crippen LogP contribution in [0.1, 0.15) is 0 Å². The van der Waals surface area contributed by atoms with Crippen molar-refractivity contribution >= 4 is 28.0 Å². The Labute approximate surface area is 301 Å². The molecule has 1 aliphatic heterocycles. The summed E-state index contributed by atoms with van der Waals surface area (Å²) in [7, 11) is 0. The van der Waals surface area contributed by atoms with Crippen molar-refractivity contribution in [2.45, 2.75) is 0 Å². The molecule has 5 nitrogen and oxygen atoms in total. The van der Waals surface area contributed by atoms with Gasteiger partial charge in [-0.15, -0.1) is 0 Å². The summed E-state index contributed by atoms with van der Waals surface area (Å²) in [6.45, 7) is 0. The highest BCUT2D eigenvalue weighted by molar-refractivity contribution is 6.12. The zero-order valence-electron chi connectivity index (χ0n) is 28.1. The molecule has 6 aromatic carbocycles. The summed E-state index contributed by atoms with van der Waals surface area (Å²) in [4.78, 5) is 17.2. The lowest BCUT2D eigenvalue weighted by Gasteiger charge is -2.27. The number of nitrogens with zero attached hydrogens (tertiary/aromatic N) is 5. The van der Waals surface area contributed by atoms with Gasteiger partial charge in [0.05, 0.1) is 34.0 Å². The molecule has 3 aromatic heterocycles. The van der Waals surface area contributed by atoms with Gasteiger partial charge in [0, 0.05) is 62.5 Å². The molecule has 9 aromatic rings. The van der Waals surface area contributed by atoms with Gasteiger partial charge in [0.2, 0.25) is 0 Å². The van der Waals surface area contributed by atoms with Crippen LogP contribution in [0.3, 0.4) is 0 Å². The van der Waals surface area contributed by atoms with Crippen molar-refractivity contribution in [2.24, 2.45) is 0 Å². The molecule has 0 amide bonds. The molecule has 0 N–H and O–H groups in total. The zero-order chi connectivity index (χ0) is 34.4. The van der Waals surface area contributed by atoms with E-state index in [1.165, 1.54) is 0 Å². The number of hydrogen-bond acceptors (Lipinski definition) is 4. The Bertz CT molecular complexity index is 2680. The molecule has 0 bridgehead atoms. The molecule has 52 heavy (non-hydrogen) atoms. The maximum Gasteiger partial charge on any atom is 0.160 e. The molecule has 10 rings (SSSR count). The summed E-state index contributed by atoms with van der Waals surface area (Å²) >= 11 is 0. The molecule has 0 spiro atoms. The largest absolute Gasteiger partial charge is 0.309 e. The van der Waals surface area contributed by atoms with Crippen LogP contribution in [0, 0.1) is 0 Å². The maximum atomic E-state index is 5.16. The Morgan fingerprint density at radius 3 is 1.77 bits per heavy atom. The van der Waals surface area contributed by atoms with Gasteiger partial charge in [-0.25, -0.2) is 9.97 Å². The normalized spacial score (nSPS) is 11.8. The second kappa shape index (κ2) is 12.3. The highest BCUT2D eigenvalue weighted by Gasteiger charge is 2.31. The minimum atomic E-state index is 0.695. The van der Waals surface area contributed by atoms with Gasteiger partial charge in [-0.05, 0) is 48.5 Å². The molecule has 0 unspecified atom stereocenters. The highest BCUT2D eigenvalue weighted by atomic mass is 15.2. The summed E-state index contributed by atoms with van der Waals surface area (Å²) < 4.78 is 2.40. The fourth-order valence-electron chi connectivity index (χ4n) is 7.54. The Balaban J connectivity index is 1.23. The van der Waals surface area contributed by atoms with E-state index in [9.17, 15) is 0 Å². The average Bonchev–Trinajstić information content (AvgIpc) is 3.51. The molecule has 0 fully saturated rings. The smallest absolute Gasteiger partial charge is 0.160 e. The molecule has 0 atom stereocenters. The molecular weight excluding hydrogens is 635 g/mol. The summed E-state index contributed by atoms with van der Waals surface area (Å²) in [5.41, 5.74) is 14.8. The first kappa shape index (κ1) is 29.8. The van der Waals surface area contributed by atoms with Crippen molar-refractivity contribution in [3.8, 4) is 62.0 Å². The standard InChI is InChI=1S/C47H31N5/c1-4-15-32(16-5-1)40-30-41(50-47(49-40)33-17-6-2-7-18-33)34-19-14-22-36(29-34)52-44-27-28-48-31-39(44)45-37-23-10-12-25-42(37)51(35-20-8-3-9-21-35)43-26-13-11-24-38(43)46(45)52/h1-31H. The zero-order valence-corrected chi connectivity index (χ0v) is 28.1. The highest BCUT2D eigenvalue weighted by Crippen LogP contribution is 2.54. The molecule has 244 valence electrons. The third-order valence-electron chi connectivity index (χ3n) is 9.83. The second-order valence-corrected chi connectivity index (χ2v) is 12.9. The summed E-state index contributed by atoms with van der Waals surface area (Å²) in [5.74, 6) is 0.695. The Morgan fingerprint density at radius 1 is 0.442 bits per heavy atom. The number of rotatable bonds is 5. The van der Waals surface area contributed by atoms with Crippen LogP contribution in [0.15, 0.2) is 188 Å². The fraction of sp³-hybridized carbons (Fsp3) is 0. The van der Waals surface area contributed by atoms with Gasteiger partial charge in [-0.2, -0.15) is 0 Å². The van der Waals surface area contributed by atoms with Crippen LogP contribution < -0.4 is 4.90 Å². The van der Waals surface area contributed by atoms with E-state index in [0.717, 1.165) is 84.1 Å². The summed E-state index contributed by atoms with van der Waals surface area (Å²) in [6.07, 6.45) is 3.90. The van der Waals surface area contributed by atoms with Crippen LogP contribution >= 0.6 is 0 Å². The van der Waals surface area contributed by atoms with Gasteiger partial charge in [0.25, 0.3) is 0 Å². The van der Waals surface area contributed by atoms with E-state index in [0.29, 0.717) is 5.82 Å². The fourth-order valence-corrected chi connectivity index (χ4v) is 7.54. The van der Waals surface area contributed by atoms with Crippen molar-refractivity contribution in [3.63, 3.8) is 0 Å². The van der Waals surface area contributed by atoms with Crippen molar-refractivity contribution in [1.82, 2.24) is 19.5 Å². The summed E-state index contributed by atoms with van der Waals surface area (Å²) in [5, 5.41) is 1.10. The molecule has 0 saturated carbocycles. The van der Waals surface area contributed by atoms with Gasteiger partial charge >= 0.3 is 0 Å². The van der Waals surface area contributed by atoms with Crippen LogP contribution in [-0.2, 0) is 0 Å². The number of para-hydroxylation sites is 3. The first-order chi connectivity index (χ1) is 25.8. The van der Waals surface area contributed by atoms with Crippen LogP contribution in [0.25, 0.3) is 72.9 Å². The number of aromatic nitrogens is 4. The van der Waals surface area contributed by atoms with E-state index in [2.05, 4.69) is 154 Å². The van der Waals surface area contributed by atoms with E-state index in [-0.39, 0.29) is 0 Å². The lowest BCUT2D eigenvalue weighted by atomic mass is 9.99. The first-order valence-electron chi connectivity index (χ1n) is 17.4. The lowest BCUT2D eigenvalue weighted by Crippen LogP contribution is -2.11. The number of anilines is 3. The van der Waals surface area contributed by atoms with Crippen molar-refractivity contribution in [2.75, 3.05) is 4.90 Å². The van der Waals surface area contributed by atoms with Crippen LogP contribution in [0.2, 0.25) is 0 Å². The van der Waals surface area contributed by atoms with Crippen LogP contribution in [0.5, 0.6) is 0 Å². The van der Waals surface area contributed by atoms with Gasteiger partial charge < -0.3 is 9.47 Å². The molecule has 1 aliphatic rings. The quantitative estimate of drug-likeness (QED) is 0.184. The molecule has 4 heterocycles. The Kier molecular flexibility index (Phi) is 7.07. The minimum Gasteiger partial charge on any atom is -0.309 e. The van der Waals surface area contributed by atoms with Gasteiger partial charge in [-0.1, -0.05) is 127 Å². The first-order valence-corrected chi connectivity index (χ1v) is 17.4. The Hall–Kier alpha value is -7.11. The van der Waals surface area contributed by atoms with Crippen molar-refractivity contribution < 1.29 is 0 Å². The predicted molar refractivity (Wildman–Crippen MR) is 212 cm³/mol. The number of benzene rings is 6. The van der Waals surface area contributed by atoms with Crippen LogP contribution in [-0.4, -0.2) is 19.5 Å². The molecule has 0 saturated heterocycles. The molecule has 0 radical (unpaired) electrons. The molecular formula is C47H31N5. The third-order valence-corrected chi connectivity index (χ3v) is 9.83. The van der Waals surface area contributed by atoms with Gasteiger partial charge in [0.15, 0.2) is 5.82 Å². The second-order valence-electron chi connectivity index (χ2n) is 12.9. The summed E-state index contributed by atoms with van der Waals surface area (Å²) in [6, 6.07) is 61.5. The number of hydrogen-bond donors (Lipinski definition) is 0. The van der Waals surface area contributed by atoms with E-state index < -0.39 is 0 Å². The molecule has 0 aliphatic carbocycles. The van der Waals surface area contributed by atoms with E-state index >= 15 is 0 Å². The maximum absolute atomic E-state index is 5.16. The van der Waals surface area contributed by atoms with E-state index in [4.69, 9.17) is 9.97 Å². The van der Waals surface area contributed by atoms with E-state index in [1.54, 1.807) is 0 Å². The lowest BCUT2D eigenvalue weighted by molar-refractivity contribution is 1.13. The monoisotopic (exact) mass is 665 g/mol. The van der Waals surface area contributed by atoms with Gasteiger partial charge in [0.1, 0.15) is 0 Å².